The number of guanidine groups is 3. The molecule has 148 heavy (non-hydrogen) atoms. The summed E-state index contributed by atoms with van der Waals surface area (Å²) in [6.07, 6.45) is 5.78. The zero-order chi connectivity index (χ0) is 110. The maximum Gasteiger partial charge on any atom is 0.408 e. The lowest BCUT2D eigenvalue weighted by Crippen LogP contribution is -2.52. The summed E-state index contributed by atoms with van der Waals surface area (Å²) in [4.78, 5) is 113. The van der Waals surface area contributed by atoms with Gasteiger partial charge in [-0.2, -0.15) is 0 Å². The van der Waals surface area contributed by atoms with E-state index in [2.05, 4.69) is 45.1 Å². The number of esters is 3. The second kappa shape index (κ2) is 54.4. The first-order valence-corrected chi connectivity index (χ1v) is 58.4. The molecular weight excluding hydrogens is 2220 g/mol. The molecule has 6 aliphatic rings. The average molecular weight is 2380 g/mol. The quantitative estimate of drug-likeness (QED) is 0.00373. The monoisotopic (exact) mass is 2370 g/mol. The van der Waals surface area contributed by atoms with Crippen molar-refractivity contribution >= 4 is 159 Å². The third-order valence-corrected chi connectivity index (χ3v) is 32.0. The van der Waals surface area contributed by atoms with Crippen molar-refractivity contribution in [1.82, 2.24) is 39.9 Å². The van der Waals surface area contributed by atoms with Crippen LogP contribution in [-0.4, -0.2) is 239 Å². The van der Waals surface area contributed by atoms with Gasteiger partial charge in [-0.15, -0.1) is 24.0 Å². The Morgan fingerprint density at radius 2 is 0.791 bits per heavy atom. The molecule has 3 fully saturated rings. The summed E-state index contributed by atoms with van der Waals surface area (Å²) in [5.74, 6) is -0.981. The Balaban J connectivity index is 0.000000301. The normalized spacial score (nSPS) is 16.8. The number of amides is 4. The molecule has 0 bridgehead atoms. The number of nitrogens with one attached hydrogen (secondary N) is 6. The van der Waals surface area contributed by atoms with Crippen LogP contribution in [0.2, 0.25) is 0 Å². The molecule has 3 saturated heterocycles. The Labute approximate surface area is 902 Å². The lowest BCUT2D eigenvalue weighted by molar-refractivity contribution is -0.151. The minimum Gasteiger partial charge on any atom is -0.487 e. The molecule has 0 aromatic heterocycles. The summed E-state index contributed by atoms with van der Waals surface area (Å²) in [6, 6.07) is 10.9. The van der Waals surface area contributed by atoms with E-state index in [1.54, 1.807) is 107 Å². The minimum atomic E-state index is -4.06. The van der Waals surface area contributed by atoms with Gasteiger partial charge in [0.05, 0.1) is 85.3 Å². The fraction of sp³-hybridized carbons (Fsp3) is 0.618. The van der Waals surface area contributed by atoms with Crippen molar-refractivity contribution in [2.45, 2.75) is 329 Å². The first-order chi connectivity index (χ1) is 68.2. The molecule has 3 atom stereocenters. The van der Waals surface area contributed by atoms with Crippen molar-refractivity contribution < 1.29 is 115 Å². The summed E-state index contributed by atoms with van der Waals surface area (Å²) in [5, 5.41) is 19.7. The number of hydrogen-bond acceptors (Lipinski definition) is 29. The predicted molar refractivity (Wildman–Crippen MR) is 587 cm³/mol. The molecule has 5 aromatic carbocycles. The van der Waals surface area contributed by atoms with E-state index in [4.69, 9.17) is 60.8 Å². The van der Waals surface area contributed by atoms with Gasteiger partial charge in [-0.1, -0.05) is 42.5 Å². The summed E-state index contributed by atoms with van der Waals surface area (Å²) < 4.78 is 153. The van der Waals surface area contributed by atoms with E-state index >= 15 is 0 Å². The van der Waals surface area contributed by atoms with Crippen LogP contribution in [0.15, 0.2) is 72.1 Å². The second-order valence-electron chi connectivity index (χ2n) is 41.4. The number of aliphatic carboxylic acids is 1. The van der Waals surface area contributed by atoms with Crippen LogP contribution in [0.5, 0.6) is 17.2 Å². The number of fused-ring (bicyclic) bond motifs is 4. The van der Waals surface area contributed by atoms with Gasteiger partial charge >= 0.3 is 36.1 Å². The predicted octanol–water partition coefficient (Wildman–Crippen LogP) is 12.2. The topological polar surface area (TPSA) is 587 Å². The molecule has 11 rings (SSSR count). The number of nitrogens with zero attached hydrogens (tertiary/aromatic N) is 5. The van der Waals surface area contributed by atoms with Gasteiger partial charge < -0.3 is 91.7 Å². The van der Waals surface area contributed by atoms with E-state index in [1.807, 2.05) is 112 Å². The van der Waals surface area contributed by atoms with Gasteiger partial charge in [0, 0.05) is 81.8 Å². The van der Waals surface area contributed by atoms with Crippen LogP contribution in [0.4, 0.5) is 9.59 Å². The van der Waals surface area contributed by atoms with Crippen LogP contribution >= 0.6 is 45.2 Å². The highest BCUT2D eigenvalue weighted by Crippen LogP contribution is 2.47. The minimum absolute atomic E-state index is 0. The van der Waals surface area contributed by atoms with Crippen LogP contribution < -0.4 is 67.3 Å². The van der Waals surface area contributed by atoms with Gasteiger partial charge in [-0.05, 0) is 323 Å². The Morgan fingerprint density at radius 1 is 0.473 bits per heavy atom. The van der Waals surface area contributed by atoms with Crippen molar-refractivity contribution in [3.05, 3.63) is 115 Å². The number of benzene rings is 5. The molecule has 828 valence electrons. The number of ether oxygens (including phenoxy) is 8. The Hall–Kier alpha value is -9.89. The number of likely N-dealkylation sites (tertiary alicyclic amines) is 2. The van der Waals surface area contributed by atoms with E-state index in [-0.39, 0.29) is 149 Å². The first-order valence-electron chi connectivity index (χ1n) is 49.8. The number of alkyl carbamates (subject to hydrolysis) is 2. The van der Waals surface area contributed by atoms with E-state index in [9.17, 15) is 77.1 Å². The maximum absolute atomic E-state index is 13.5. The number of carboxylic acid groups (broad SMARTS) is 1. The van der Waals surface area contributed by atoms with Crippen molar-refractivity contribution in [1.29, 1.82) is 0 Å². The average Bonchev–Trinajstić information content (AvgIpc) is 1.45. The van der Waals surface area contributed by atoms with Crippen molar-refractivity contribution in [2.24, 2.45) is 55.7 Å². The summed E-state index contributed by atoms with van der Waals surface area (Å²) in [7, 11) is -15.0. The molecule has 0 unspecified atom stereocenters. The molecule has 6 aliphatic heterocycles. The van der Waals surface area contributed by atoms with Crippen LogP contribution in [0.1, 0.15) is 253 Å². The first kappa shape index (κ1) is 127. The number of aliphatic imine (C=N–C) groups is 3. The van der Waals surface area contributed by atoms with Crippen LogP contribution in [0, 0.1) is 80.1 Å². The van der Waals surface area contributed by atoms with Gasteiger partial charge in [-0.25, -0.2) is 62.2 Å². The van der Waals surface area contributed by atoms with Gasteiger partial charge in [0.2, 0.25) is 36.7 Å². The smallest absolute Gasteiger partial charge is 0.408 e. The molecule has 40 nitrogen and oxygen atoms in total. The number of rotatable bonds is 31. The lowest BCUT2D eigenvalue weighted by Gasteiger charge is -2.33. The molecule has 46 heteroatoms. The zero-order valence-electron chi connectivity index (χ0n) is 90.0. The molecule has 0 spiro atoms. The van der Waals surface area contributed by atoms with E-state index in [0.29, 0.717) is 144 Å². The number of hydrogen-bond donors (Lipinski definition) is 11. The summed E-state index contributed by atoms with van der Waals surface area (Å²) in [5.41, 5.74) is 30.5. The molecular formula is C102H157I2N15O25S4. The number of halogens is 2. The molecule has 0 aliphatic carbocycles. The Morgan fingerprint density at radius 3 is 1.12 bits per heavy atom. The Kier molecular flexibility index (Phi) is 46.6. The number of carboxylic acids is 1. The molecule has 6 heterocycles. The second-order valence-corrected chi connectivity index (χ2v) is 51.6. The van der Waals surface area contributed by atoms with Crippen molar-refractivity contribution in [3.8, 4) is 17.2 Å². The highest BCUT2D eigenvalue weighted by atomic mass is 127. The molecule has 0 saturated carbocycles. The van der Waals surface area contributed by atoms with E-state index in [0.717, 1.165) is 92.9 Å². The molecule has 0 radical (unpaired) electrons. The highest BCUT2D eigenvalue weighted by molar-refractivity contribution is 14.2. The third kappa shape index (κ3) is 37.3. The van der Waals surface area contributed by atoms with Gasteiger partial charge in [0.15, 0.2) is 0 Å². The van der Waals surface area contributed by atoms with Crippen molar-refractivity contribution in [2.75, 3.05) is 78.7 Å². The number of piperidine rings is 3. The van der Waals surface area contributed by atoms with Crippen LogP contribution in [0.25, 0.3) is 10.8 Å². The summed E-state index contributed by atoms with van der Waals surface area (Å²) in [6.45, 7) is 48.5. The molecule has 5 aromatic rings. The fourth-order valence-corrected chi connectivity index (χ4v) is 24.4. The SMILES string of the molecule is CCOC(=O)C1CCN(C(=O)[C@@H](N)CCCN=C(N)NS(=O)(=O)c2c(C)c(C)c3c(c2C)CC(C)(C)O3)CC1.CCOC(=O)C1CCN(C(=O)[C@H](CCCN=C(N)NS(=O)(=O)c2c(C)c(C)c3c(c2C)CC(C)(C)O3)NC(=O)OC(C)(C)C)CC1.CCOC(=O)C1CCNCC1.Cc1c(C)c(S(=O)(=O)NC(N)=NCCC[C@H](NC(=O)OC(C)(C)C)C(=O)O)c(C)c2c1OC(C)(C)C2.I.O=S(=O)(I)Cc1ccc2ccccc2c1. The van der Waals surface area contributed by atoms with E-state index in [1.165, 1.54) is 21.2 Å². The molecule has 15 N–H and O–H groups in total. The number of sulfonamides is 3. The van der Waals surface area contributed by atoms with E-state index < -0.39 is 101 Å². The summed E-state index contributed by atoms with van der Waals surface area (Å²) >= 11 is 1.48. The van der Waals surface area contributed by atoms with Gasteiger partial charge in [0.25, 0.3) is 30.1 Å². The number of carbonyl (C=O) groups is 8. The van der Waals surface area contributed by atoms with Crippen LogP contribution in [-0.2, 0) is 115 Å². The Bertz CT molecular complexity index is 6160. The maximum atomic E-state index is 13.5. The molecule has 4 amide bonds. The lowest BCUT2D eigenvalue weighted by atomic mass is 9.94. The number of carbonyl (C=O) groups excluding carboxylic acids is 7. The van der Waals surface area contributed by atoms with Gasteiger partial charge in [0.1, 0.15) is 57.3 Å². The van der Waals surface area contributed by atoms with Crippen LogP contribution in [0.3, 0.4) is 0 Å². The van der Waals surface area contributed by atoms with Gasteiger partial charge in [-0.3, -0.25) is 38.9 Å². The van der Waals surface area contributed by atoms with Crippen molar-refractivity contribution in [3.63, 3.8) is 0 Å². The number of nitrogens with two attached hydrogens (primary N) is 4. The highest BCUT2D eigenvalue weighted by Gasteiger charge is 2.43. The third-order valence-electron chi connectivity index (χ3n) is 25.5. The standard InChI is InChI=1S/C32H51N5O8S.C27H43N5O6S.C24H38N4O7S.C11H9IO2S.C8H15NO2.HI/c1-10-43-28(39)22-13-16-37(17-14-22)27(38)24(35-30(40)45-31(5,6)7)12-11-15-34-29(33)36-46(41,42)26-20(3)19(2)25-23(21(26)4)18-32(8,9)44-25;1-7-37-25(34)19-10-13-32(14-11-19)24(33)21(28)9-8-12-30-26(29)31-39(35,36)23-17(3)16(2)22-20(18(23)4)15-27(5,6)38-22;1-13-14(2)19(15(3)16-12-24(7,8)34-18(13)16)36(32,33)28-21(25)26-11-9-10-17(20(29)30)27-22(31)35-23(4,5)6;12-15(13,14)8-9-5-6-10-3-1-2-4-11(10)7-9;1-2-11-8(10)7-3-5-9-6-4-7;/h22,24H,10-18H2,1-9H3,(H,35,40)(H3,33,34,36);19,21H,7-15,28H2,1-6H3,(H3,29,30,31);17H,9-12H2,1-8H3,(H,27,31)(H,29,30)(H3,25,26,28);1-7H,8H2;7,9H,2-6H2,1H3;1H/t24-;21-;17-;;;/m000.../s1. The zero-order valence-corrected chi connectivity index (χ0v) is 97.8. The largest absolute Gasteiger partial charge is 0.487 e. The fourth-order valence-electron chi connectivity index (χ4n) is 18.1.